The number of aromatic nitrogens is 3. The van der Waals surface area contributed by atoms with E-state index in [1.54, 1.807) is 44.0 Å². The normalized spacial score (nSPS) is 11.5. The smallest absolute Gasteiger partial charge is 0.243 e. The van der Waals surface area contributed by atoms with Gasteiger partial charge in [0.15, 0.2) is 5.16 Å². The van der Waals surface area contributed by atoms with Crippen LogP contribution < -0.4 is 10.1 Å². The zero-order chi connectivity index (χ0) is 24.0. The van der Waals surface area contributed by atoms with Gasteiger partial charge in [0.2, 0.25) is 15.9 Å². The van der Waals surface area contributed by atoms with E-state index >= 15 is 0 Å². The molecule has 9 nitrogen and oxygen atoms in total. The highest BCUT2D eigenvalue weighted by molar-refractivity contribution is 7.99. The van der Waals surface area contributed by atoms with Crippen LogP contribution >= 0.6 is 11.8 Å². The molecule has 0 fully saturated rings. The van der Waals surface area contributed by atoms with Crippen molar-refractivity contribution in [1.82, 2.24) is 19.1 Å². The first-order valence-corrected chi connectivity index (χ1v) is 12.8. The van der Waals surface area contributed by atoms with Crippen LogP contribution in [0.4, 0.5) is 5.69 Å². The number of aryl methyl sites for hydroxylation is 1. The van der Waals surface area contributed by atoms with E-state index in [9.17, 15) is 13.2 Å². The number of carbonyl (C=O) groups excluding carboxylic acids is 1. The van der Waals surface area contributed by atoms with Crippen LogP contribution in [0.15, 0.2) is 58.8 Å². The van der Waals surface area contributed by atoms with Crippen molar-refractivity contribution in [1.29, 1.82) is 0 Å². The molecule has 0 bridgehead atoms. The predicted molar refractivity (Wildman–Crippen MR) is 129 cm³/mol. The van der Waals surface area contributed by atoms with Crippen LogP contribution in [-0.4, -0.2) is 59.3 Å². The van der Waals surface area contributed by atoms with Gasteiger partial charge in [-0.2, -0.15) is 4.31 Å². The molecule has 0 spiro atoms. The summed E-state index contributed by atoms with van der Waals surface area (Å²) < 4.78 is 34.0. The lowest BCUT2D eigenvalue weighted by atomic mass is 10.2. The molecule has 1 aromatic heterocycles. The highest BCUT2D eigenvalue weighted by atomic mass is 32.2. The van der Waals surface area contributed by atoms with Gasteiger partial charge in [0.25, 0.3) is 0 Å². The van der Waals surface area contributed by atoms with Crippen LogP contribution in [0.2, 0.25) is 0 Å². The molecule has 2 aromatic carbocycles. The van der Waals surface area contributed by atoms with Gasteiger partial charge < -0.3 is 10.1 Å². The van der Waals surface area contributed by atoms with E-state index in [-0.39, 0.29) is 16.6 Å². The second-order valence-electron chi connectivity index (χ2n) is 7.08. The fourth-order valence-electron chi connectivity index (χ4n) is 3.17. The predicted octanol–water partition coefficient (Wildman–Crippen LogP) is 3.35. The van der Waals surface area contributed by atoms with Gasteiger partial charge in [0.1, 0.15) is 12.1 Å². The number of rotatable bonds is 10. The maximum atomic E-state index is 12.8. The van der Waals surface area contributed by atoms with Crippen LogP contribution in [-0.2, 0) is 14.8 Å². The van der Waals surface area contributed by atoms with Crippen molar-refractivity contribution >= 4 is 33.4 Å². The Morgan fingerprint density at radius 2 is 1.85 bits per heavy atom. The highest BCUT2D eigenvalue weighted by Gasteiger charge is 2.22. The number of ether oxygens (including phenoxy) is 1. The first kappa shape index (κ1) is 24.7. The summed E-state index contributed by atoms with van der Waals surface area (Å²) in [5, 5.41) is 11.4. The largest absolute Gasteiger partial charge is 0.497 e. The van der Waals surface area contributed by atoms with Crippen LogP contribution in [0, 0.1) is 6.92 Å². The van der Waals surface area contributed by atoms with E-state index in [2.05, 4.69) is 15.5 Å². The summed E-state index contributed by atoms with van der Waals surface area (Å²) in [6, 6.07) is 12.2. The summed E-state index contributed by atoms with van der Waals surface area (Å²) in [7, 11) is -2.02. The van der Waals surface area contributed by atoms with E-state index in [1.807, 2.05) is 31.2 Å². The fraction of sp³-hybridized carbons (Fsp3) is 0.318. The molecule has 0 saturated carbocycles. The molecule has 0 aliphatic rings. The van der Waals surface area contributed by atoms with Gasteiger partial charge >= 0.3 is 0 Å². The number of methoxy groups -OCH3 is 1. The molecule has 11 heteroatoms. The van der Waals surface area contributed by atoms with E-state index in [1.165, 1.54) is 22.1 Å². The van der Waals surface area contributed by atoms with Gasteiger partial charge in [0.05, 0.1) is 17.8 Å². The molecule has 0 aliphatic heterocycles. The highest BCUT2D eigenvalue weighted by Crippen LogP contribution is 2.25. The number of hydrogen-bond acceptors (Lipinski definition) is 7. The van der Waals surface area contributed by atoms with E-state index in [0.29, 0.717) is 23.9 Å². The van der Waals surface area contributed by atoms with Gasteiger partial charge in [-0.1, -0.05) is 31.7 Å². The second-order valence-corrected chi connectivity index (χ2v) is 9.96. The molecular weight excluding hydrogens is 462 g/mol. The van der Waals surface area contributed by atoms with Crippen molar-refractivity contribution in [3.8, 4) is 11.4 Å². The van der Waals surface area contributed by atoms with Gasteiger partial charge in [-0.05, 0) is 48.9 Å². The minimum atomic E-state index is -3.62. The Kier molecular flexibility index (Phi) is 8.11. The summed E-state index contributed by atoms with van der Waals surface area (Å²) in [6.07, 6.45) is 1.58. The molecule has 3 rings (SSSR count). The van der Waals surface area contributed by atoms with Gasteiger partial charge in [-0.25, -0.2) is 8.42 Å². The number of nitrogens with one attached hydrogen (secondary N) is 1. The van der Waals surface area contributed by atoms with Crippen molar-refractivity contribution in [3.05, 3.63) is 54.4 Å². The number of thioether (sulfide) groups is 1. The number of amides is 1. The minimum Gasteiger partial charge on any atom is -0.497 e. The standard InChI is InChI=1S/C22H27N5O4S2/c1-5-26(6-2)33(29,30)19-12-7-16(3)20(13-19)24-21(28)14-32-22-25-23-15-27(22)17-8-10-18(31-4)11-9-17/h7-13,15H,5-6,14H2,1-4H3,(H,24,28). The lowest BCUT2D eigenvalue weighted by Crippen LogP contribution is -2.30. The molecule has 0 atom stereocenters. The number of benzene rings is 2. The van der Waals surface area contributed by atoms with Crippen molar-refractivity contribution in [3.63, 3.8) is 0 Å². The second kappa shape index (κ2) is 10.8. The number of hydrogen-bond donors (Lipinski definition) is 1. The summed E-state index contributed by atoms with van der Waals surface area (Å²) in [5.41, 5.74) is 2.08. The average molecular weight is 490 g/mol. The van der Waals surface area contributed by atoms with Gasteiger partial charge in [-0.3, -0.25) is 9.36 Å². The quantitative estimate of drug-likeness (QED) is 0.435. The Morgan fingerprint density at radius 3 is 2.48 bits per heavy atom. The molecule has 33 heavy (non-hydrogen) atoms. The maximum absolute atomic E-state index is 12.8. The Labute approximate surface area is 198 Å². The van der Waals surface area contributed by atoms with Crippen LogP contribution in [0.25, 0.3) is 5.69 Å². The molecule has 176 valence electrons. The SMILES string of the molecule is CCN(CC)S(=O)(=O)c1ccc(C)c(NC(=O)CSc2nncn2-c2ccc(OC)cc2)c1. The molecule has 3 aromatic rings. The lowest BCUT2D eigenvalue weighted by molar-refractivity contribution is -0.113. The van der Waals surface area contributed by atoms with Gasteiger partial charge in [0, 0.05) is 24.5 Å². The zero-order valence-electron chi connectivity index (χ0n) is 19.0. The Hall–Kier alpha value is -2.89. The monoisotopic (exact) mass is 489 g/mol. The van der Waals surface area contributed by atoms with Crippen LogP contribution in [0.1, 0.15) is 19.4 Å². The Morgan fingerprint density at radius 1 is 1.15 bits per heavy atom. The molecular formula is C22H27N5O4S2. The minimum absolute atomic E-state index is 0.0846. The Balaban J connectivity index is 1.71. The van der Waals surface area contributed by atoms with E-state index in [0.717, 1.165) is 17.0 Å². The summed E-state index contributed by atoms with van der Waals surface area (Å²) in [4.78, 5) is 12.8. The average Bonchev–Trinajstić information content (AvgIpc) is 3.28. The molecule has 0 saturated heterocycles. The van der Waals surface area contributed by atoms with Gasteiger partial charge in [-0.15, -0.1) is 10.2 Å². The number of nitrogens with zero attached hydrogens (tertiary/aromatic N) is 4. The first-order valence-electron chi connectivity index (χ1n) is 10.4. The molecule has 0 unspecified atom stereocenters. The van der Waals surface area contributed by atoms with Crippen LogP contribution in [0.5, 0.6) is 5.75 Å². The molecule has 0 aliphatic carbocycles. The fourth-order valence-corrected chi connectivity index (χ4v) is 5.38. The first-order chi connectivity index (χ1) is 15.8. The third-order valence-corrected chi connectivity index (χ3v) is 8.01. The summed E-state index contributed by atoms with van der Waals surface area (Å²) in [6.45, 7) is 6.15. The maximum Gasteiger partial charge on any atom is 0.243 e. The molecule has 1 amide bonds. The zero-order valence-corrected chi connectivity index (χ0v) is 20.6. The van der Waals surface area contributed by atoms with Crippen molar-refractivity contribution in [2.24, 2.45) is 0 Å². The third kappa shape index (κ3) is 5.73. The van der Waals surface area contributed by atoms with Crippen molar-refractivity contribution in [2.45, 2.75) is 30.8 Å². The van der Waals surface area contributed by atoms with E-state index < -0.39 is 10.0 Å². The summed E-state index contributed by atoms with van der Waals surface area (Å²) >= 11 is 1.23. The van der Waals surface area contributed by atoms with Crippen LogP contribution in [0.3, 0.4) is 0 Å². The molecule has 1 heterocycles. The summed E-state index contributed by atoms with van der Waals surface area (Å²) in [5.74, 6) is 0.548. The third-order valence-electron chi connectivity index (χ3n) is 5.03. The topological polar surface area (TPSA) is 106 Å². The number of anilines is 1. The molecule has 0 radical (unpaired) electrons. The molecule has 1 N–H and O–H groups in total. The van der Waals surface area contributed by atoms with Crippen molar-refractivity contribution < 1.29 is 17.9 Å². The Bertz CT molecular complexity index is 1210. The number of sulfonamides is 1. The van der Waals surface area contributed by atoms with E-state index in [4.69, 9.17) is 4.74 Å². The lowest BCUT2D eigenvalue weighted by Gasteiger charge is -2.19. The number of carbonyl (C=O) groups is 1. The van der Waals surface area contributed by atoms with Crippen molar-refractivity contribution in [2.75, 3.05) is 31.3 Å².